The van der Waals surface area contributed by atoms with Crippen LogP contribution in [0.25, 0.3) is 5.65 Å². The summed E-state index contributed by atoms with van der Waals surface area (Å²) in [6.45, 7) is 7.29. The Bertz CT molecular complexity index is 518. The molecule has 0 bridgehead atoms. The van der Waals surface area contributed by atoms with Gasteiger partial charge in [-0.05, 0) is 38.7 Å². The number of pyridine rings is 1. The molecule has 0 aliphatic rings. The fourth-order valence-corrected chi connectivity index (χ4v) is 1.70. The fraction of sp³-hybridized carbons (Fsp3) is 0.500. The number of nitrogens with one attached hydrogen (secondary N) is 1. The van der Waals surface area contributed by atoms with Crippen molar-refractivity contribution >= 4 is 23.4 Å². The van der Waals surface area contributed by atoms with Crippen LogP contribution in [-0.2, 0) is 0 Å². The van der Waals surface area contributed by atoms with E-state index in [2.05, 4.69) is 35.5 Å². The van der Waals surface area contributed by atoms with Gasteiger partial charge in [-0.15, -0.1) is 5.10 Å². The summed E-state index contributed by atoms with van der Waals surface area (Å²) in [4.78, 5) is 4.48. The number of hydrogen-bond acceptors (Lipinski definition) is 4. The van der Waals surface area contributed by atoms with Gasteiger partial charge in [-0.3, -0.25) is 0 Å². The minimum atomic E-state index is 0.187. The fourth-order valence-electron chi connectivity index (χ4n) is 1.48. The molecule has 2 aromatic heterocycles. The summed E-state index contributed by atoms with van der Waals surface area (Å²) in [5.74, 6) is 0.696. The van der Waals surface area contributed by atoms with Crippen molar-refractivity contribution in [2.45, 2.75) is 25.5 Å². The number of anilines is 1. The predicted molar refractivity (Wildman–Crippen MR) is 73.8 cm³/mol. The van der Waals surface area contributed by atoms with Crippen LogP contribution >= 0.6 is 11.8 Å². The van der Waals surface area contributed by atoms with Crippen LogP contribution in [0.5, 0.6) is 0 Å². The predicted octanol–water partition coefficient (Wildman–Crippen LogP) is 2.59. The second-order valence-electron chi connectivity index (χ2n) is 4.71. The van der Waals surface area contributed by atoms with Crippen molar-refractivity contribution in [2.75, 3.05) is 18.1 Å². The van der Waals surface area contributed by atoms with Gasteiger partial charge in [0.1, 0.15) is 0 Å². The first-order valence-corrected chi connectivity index (χ1v) is 6.85. The molecule has 0 saturated carbocycles. The second kappa shape index (κ2) is 4.56. The Kier molecular flexibility index (Phi) is 3.28. The summed E-state index contributed by atoms with van der Waals surface area (Å²) < 4.78 is 2.00. The maximum atomic E-state index is 4.48. The third-order valence-electron chi connectivity index (χ3n) is 2.78. The Morgan fingerprint density at radius 2 is 2.24 bits per heavy atom. The third kappa shape index (κ3) is 2.72. The van der Waals surface area contributed by atoms with Gasteiger partial charge in [-0.25, -0.2) is 4.52 Å². The Labute approximate surface area is 106 Å². The van der Waals surface area contributed by atoms with E-state index in [1.165, 1.54) is 0 Å². The smallest absolute Gasteiger partial charge is 0.243 e. The highest BCUT2D eigenvalue weighted by Gasteiger charge is 2.16. The molecule has 0 saturated heterocycles. The van der Waals surface area contributed by atoms with Crippen molar-refractivity contribution in [1.82, 2.24) is 14.6 Å². The van der Waals surface area contributed by atoms with Gasteiger partial charge in [-0.1, -0.05) is 6.07 Å². The third-order valence-corrected chi connectivity index (χ3v) is 4.03. The molecule has 0 amide bonds. The molecular formula is C12H18N4S. The molecule has 4 nitrogen and oxygen atoms in total. The zero-order chi connectivity index (χ0) is 12.5. The van der Waals surface area contributed by atoms with Crippen molar-refractivity contribution in [3.05, 3.63) is 23.9 Å². The molecule has 0 aliphatic carbocycles. The summed E-state index contributed by atoms with van der Waals surface area (Å²) in [5.41, 5.74) is 2.05. The second-order valence-corrected chi connectivity index (χ2v) is 6.23. The standard InChI is InChI=1S/C12H18N4S/c1-9-6-5-7-16-10(9)14-11(15-16)13-8-12(2,3)17-4/h5-7H,8H2,1-4H3,(H,13,15). The zero-order valence-corrected chi connectivity index (χ0v) is 11.5. The molecule has 2 aromatic rings. The lowest BCUT2D eigenvalue weighted by atomic mass is 10.2. The molecule has 0 aliphatic heterocycles. The molecule has 1 N–H and O–H groups in total. The first-order chi connectivity index (χ1) is 8.02. The number of aromatic nitrogens is 3. The van der Waals surface area contributed by atoms with Crippen molar-refractivity contribution in [2.24, 2.45) is 0 Å². The van der Waals surface area contributed by atoms with Crippen LogP contribution in [0.3, 0.4) is 0 Å². The average Bonchev–Trinajstić information content (AvgIpc) is 2.71. The number of thioether (sulfide) groups is 1. The highest BCUT2D eigenvalue weighted by Crippen LogP contribution is 2.21. The molecule has 0 fully saturated rings. The lowest BCUT2D eigenvalue weighted by Gasteiger charge is -2.21. The van der Waals surface area contributed by atoms with Gasteiger partial charge >= 0.3 is 0 Å². The van der Waals surface area contributed by atoms with Crippen LogP contribution < -0.4 is 5.32 Å². The highest BCUT2D eigenvalue weighted by atomic mass is 32.2. The van der Waals surface area contributed by atoms with Crippen molar-refractivity contribution in [3.8, 4) is 0 Å². The first kappa shape index (κ1) is 12.2. The van der Waals surface area contributed by atoms with E-state index in [-0.39, 0.29) is 4.75 Å². The van der Waals surface area contributed by atoms with E-state index in [4.69, 9.17) is 0 Å². The maximum Gasteiger partial charge on any atom is 0.243 e. The van der Waals surface area contributed by atoms with E-state index < -0.39 is 0 Å². The van der Waals surface area contributed by atoms with E-state index >= 15 is 0 Å². The molecule has 5 heteroatoms. The summed E-state index contributed by atoms with van der Waals surface area (Å²) in [5, 5.41) is 7.68. The maximum absolute atomic E-state index is 4.48. The monoisotopic (exact) mass is 250 g/mol. The SMILES string of the molecule is CSC(C)(C)CNc1nc2c(C)cccn2n1. The number of rotatable bonds is 4. The van der Waals surface area contributed by atoms with Crippen molar-refractivity contribution in [3.63, 3.8) is 0 Å². The molecule has 17 heavy (non-hydrogen) atoms. The van der Waals surface area contributed by atoms with Crippen molar-refractivity contribution in [1.29, 1.82) is 0 Å². The largest absolute Gasteiger partial charge is 0.352 e. The van der Waals surface area contributed by atoms with Crippen LogP contribution in [0, 0.1) is 6.92 Å². The van der Waals surface area contributed by atoms with Gasteiger partial charge in [0.2, 0.25) is 5.95 Å². The van der Waals surface area contributed by atoms with Gasteiger partial charge in [0.15, 0.2) is 5.65 Å². The summed E-state index contributed by atoms with van der Waals surface area (Å²) in [6, 6.07) is 4.02. The van der Waals surface area contributed by atoms with E-state index in [9.17, 15) is 0 Å². The van der Waals surface area contributed by atoms with E-state index in [0.717, 1.165) is 17.8 Å². The Morgan fingerprint density at radius 3 is 2.88 bits per heavy atom. The average molecular weight is 250 g/mol. The van der Waals surface area contributed by atoms with Gasteiger partial charge in [0.05, 0.1) is 0 Å². The van der Waals surface area contributed by atoms with Gasteiger partial charge < -0.3 is 5.32 Å². The topological polar surface area (TPSA) is 42.2 Å². The summed E-state index contributed by atoms with van der Waals surface area (Å²) >= 11 is 1.83. The lowest BCUT2D eigenvalue weighted by molar-refractivity contribution is 0.746. The molecule has 0 spiro atoms. The van der Waals surface area contributed by atoms with Crippen LogP contribution in [-0.4, -0.2) is 32.1 Å². The Morgan fingerprint density at radius 1 is 1.47 bits per heavy atom. The number of nitrogens with zero attached hydrogens (tertiary/aromatic N) is 3. The number of hydrogen-bond donors (Lipinski definition) is 1. The van der Waals surface area contributed by atoms with Crippen LogP contribution in [0.15, 0.2) is 18.3 Å². The van der Waals surface area contributed by atoms with E-state index in [1.807, 2.05) is 41.5 Å². The molecule has 2 heterocycles. The van der Waals surface area contributed by atoms with E-state index in [0.29, 0.717) is 5.95 Å². The molecule has 0 radical (unpaired) electrons. The molecular weight excluding hydrogens is 232 g/mol. The zero-order valence-electron chi connectivity index (χ0n) is 10.7. The van der Waals surface area contributed by atoms with Gasteiger partial charge in [0, 0.05) is 17.5 Å². The van der Waals surface area contributed by atoms with Crippen molar-refractivity contribution < 1.29 is 0 Å². The summed E-state index contributed by atoms with van der Waals surface area (Å²) in [7, 11) is 0. The molecule has 0 unspecified atom stereocenters. The minimum Gasteiger partial charge on any atom is -0.352 e. The Balaban J connectivity index is 2.18. The van der Waals surface area contributed by atoms with Gasteiger partial charge in [0.25, 0.3) is 0 Å². The quantitative estimate of drug-likeness (QED) is 0.905. The number of fused-ring (bicyclic) bond motifs is 1. The van der Waals surface area contributed by atoms with Gasteiger partial charge in [-0.2, -0.15) is 16.7 Å². The molecule has 0 aromatic carbocycles. The minimum absolute atomic E-state index is 0.187. The normalized spacial score (nSPS) is 12.0. The lowest BCUT2D eigenvalue weighted by Crippen LogP contribution is -2.26. The summed E-state index contributed by atoms with van der Waals surface area (Å²) in [6.07, 6.45) is 4.03. The van der Waals surface area contributed by atoms with Crippen LogP contribution in [0.1, 0.15) is 19.4 Å². The number of aryl methyl sites for hydroxylation is 1. The molecule has 2 rings (SSSR count). The first-order valence-electron chi connectivity index (χ1n) is 5.63. The Hall–Kier alpha value is -1.23. The molecule has 92 valence electrons. The van der Waals surface area contributed by atoms with E-state index in [1.54, 1.807) is 0 Å². The molecule has 0 atom stereocenters. The highest BCUT2D eigenvalue weighted by molar-refractivity contribution is 7.99. The van der Waals surface area contributed by atoms with Crippen LogP contribution in [0.4, 0.5) is 5.95 Å². The van der Waals surface area contributed by atoms with Crippen LogP contribution in [0.2, 0.25) is 0 Å².